The third kappa shape index (κ3) is 5.02. The van der Waals surface area contributed by atoms with Crippen LogP contribution in [-0.2, 0) is 11.2 Å². The maximum atomic E-state index is 5.47. The number of aryl methyl sites for hydroxylation is 1. The topological polar surface area (TPSA) is 64.7 Å². The van der Waals surface area contributed by atoms with Gasteiger partial charge in [0, 0.05) is 55.9 Å². The predicted molar refractivity (Wildman–Crippen MR) is 113 cm³/mol. The highest BCUT2D eigenvalue weighted by atomic mass is 16.5. The fourth-order valence-corrected chi connectivity index (χ4v) is 3.62. The molecule has 1 fully saturated rings. The highest BCUT2D eigenvalue weighted by molar-refractivity contribution is 5.84. The van der Waals surface area contributed by atoms with Crippen molar-refractivity contribution >= 4 is 16.9 Å². The minimum absolute atomic E-state index is 0.0656. The smallest absolute Gasteiger partial charge is 0.191 e. The number of hydrogen-bond acceptors (Lipinski definition) is 3. The van der Waals surface area contributed by atoms with Crippen molar-refractivity contribution in [2.45, 2.75) is 32.7 Å². The Morgan fingerprint density at radius 2 is 2.04 bits per heavy atom. The van der Waals surface area contributed by atoms with E-state index in [-0.39, 0.29) is 5.54 Å². The second kappa shape index (κ2) is 8.76. The van der Waals surface area contributed by atoms with E-state index in [0.717, 1.165) is 51.8 Å². The average molecular weight is 372 g/mol. The molecule has 0 radical (unpaired) electrons. The maximum Gasteiger partial charge on any atom is 0.191 e. The Kier molecular flexibility index (Phi) is 6.39. The molecule has 1 aromatic heterocycles. The standard InChI is InChI=1S/C21H33N5O/c1-16-5-6-18-17(14-24-19(18)13-16)7-8-23-20(22-4)25-15-21(2,3)26-9-11-27-12-10-26/h5-6,13-14,24H,7-12,15H2,1-4H3,(H2,22,23,25). The van der Waals surface area contributed by atoms with Gasteiger partial charge in [-0.25, -0.2) is 0 Å². The first kappa shape index (κ1) is 19.7. The molecule has 6 nitrogen and oxygen atoms in total. The van der Waals surface area contributed by atoms with Gasteiger partial charge in [-0.1, -0.05) is 12.1 Å². The monoisotopic (exact) mass is 371 g/mol. The zero-order valence-corrected chi connectivity index (χ0v) is 17.1. The number of nitrogens with one attached hydrogen (secondary N) is 3. The molecule has 6 heteroatoms. The minimum atomic E-state index is 0.0656. The molecule has 0 spiro atoms. The van der Waals surface area contributed by atoms with Crippen LogP contribution in [0.3, 0.4) is 0 Å². The van der Waals surface area contributed by atoms with Crippen molar-refractivity contribution in [3.63, 3.8) is 0 Å². The number of nitrogens with zero attached hydrogens (tertiary/aromatic N) is 2. The van der Waals surface area contributed by atoms with Gasteiger partial charge in [0.2, 0.25) is 0 Å². The van der Waals surface area contributed by atoms with E-state index in [1.54, 1.807) is 0 Å². The number of H-pyrrole nitrogens is 1. The minimum Gasteiger partial charge on any atom is -0.379 e. The molecule has 27 heavy (non-hydrogen) atoms. The van der Waals surface area contributed by atoms with Gasteiger partial charge in [0.15, 0.2) is 5.96 Å². The average Bonchev–Trinajstić information content (AvgIpc) is 3.07. The van der Waals surface area contributed by atoms with Gasteiger partial charge in [-0.15, -0.1) is 0 Å². The number of aromatic nitrogens is 1. The molecule has 0 saturated carbocycles. The van der Waals surface area contributed by atoms with Crippen molar-refractivity contribution in [2.75, 3.05) is 46.4 Å². The summed E-state index contributed by atoms with van der Waals surface area (Å²) in [5, 5.41) is 8.23. The molecular weight excluding hydrogens is 338 g/mol. The first-order valence-corrected chi connectivity index (χ1v) is 9.83. The lowest BCUT2D eigenvalue weighted by Gasteiger charge is -2.41. The second-order valence-corrected chi connectivity index (χ2v) is 7.88. The Morgan fingerprint density at radius 1 is 1.26 bits per heavy atom. The van der Waals surface area contributed by atoms with Gasteiger partial charge in [0.1, 0.15) is 0 Å². The van der Waals surface area contributed by atoms with Crippen LogP contribution in [0.15, 0.2) is 29.4 Å². The van der Waals surface area contributed by atoms with Crippen LogP contribution in [0, 0.1) is 6.92 Å². The number of aromatic amines is 1. The lowest BCUT2D eigenvalue weighted by Crippen LogP contribution is -2.56. The Bertz CT molecular complexity index is 774. The van der Waals surface area contributed by atoms with Crippen molar-refractivity contribution in [3.8, 4) is 0 Å². The summed E-state index contributed by atoms with van der Waals surface area (Å²) in [6.45, 7) is 12.0. The molecule has 0 amide bonds. The Balaban J connectivity index is 1.48. The van der Waals surface area contributed by atoms with E-state index in [4.69, 9.17) is 4.74 Å². The van der Waals surface area contributed by atoms with Crippen LogP contribution in [-0.4, -0.2) is 67.8 Å². The van der Waals surface area contributed by atoms with Crippen molar-refractivity contribution in [3.05, 3.63) is 35.5 Å². The van der Waals surface area contributed by atoms with Crippen LogP contribution < -0.4 is 10.6 Å². The molecule has 1 aliphatic heterocycles. The maximum absolute atomic E-state index is 5.47. The third-order valence-electron chi connectivity index (χ3n) is 5.39. The number of aliphatic imine (C=N–C) groups is 1. The van der Waals surface area contributed by atoms with Crippen LogP contribution >= 0.6 is 0 Å². The van der Waals surface area contributed by atoms with Crippen LogP contribution in [0.2, 0.25) is 0 Å². The summed E-state index contributed by atoms with van der Waals surface area (Å²) >= 11 is 0. The summed E-state index contributed by atoms with van der Waals surface area (Å²) < 4.78 is 5.47. The lowest BCUT2D eigenvalue weighted by atomic mass is 10.0. The fraction of sp³-hybridized carbons (Fsp3) is 0.571. The zero-order valence-electron chi connectivity index (χ0n) is 17.1. The van der Waals surface area contributed by atoms with E-state index in [1.807, 2.05) is 7.05 Å². The Labute approximate surface area is 162 Å². The molecule has 0 unspecified atom stereocenters. The normalized spacial score (nSPS) is 16.7. The van der Waals surface area contributed by atoms with Gasteiger partial charge in [0.25, 0.3) is 0 Å². The van der Waals surface area contributed by atoms with Crippen LogP contribution in [0.4, 0.5) is 0 Å². The summed E-state index contributed by atoms with van der Waals surface area (Å²) in [7, 11) is 1.82. The molecule has 1 saturated heterocycles. The quantitative estimate of drug-likeness (QED) is 0.539. The molecule has 1 aliphatic rings. The fourth-order valence-electron chi connectivity index (χ4n) is 3.62. The van der Waals surface area contributed by atoms with Gasteiger partial charge < -0.3 is 20.4 Å². The van der Waals surface area contributed by atoms with Gasteiger partial charge >= 0.3 is 0 Å². The Morgan fingerprint density at radius 3 is 2.78 bits per heavy atom. The summed E-state index contributed by atoms with van der Waals surface area (Å²) in [6, 6.07) is 6.57. The van der Waals surface area contributed by atoms with E-state index >= 15 is 0 Å². The first-order valence-electron chi connectivity index (χ1n) is 9.83. The third-order valence-corrected chi connectivity index (χ3v) is 5.39. The molecule has 148 valence electrons. The molecule has 1 aromatic carbocycles. The van der Waals surface area contributed by atoms with Crippen molar-refractivity contribution in [1.29, 1.82) is 0 Å². The van der Waals surface area contributed by atoms with Gasteiger partial charge in [0.05, 0.1) is 13.2 Å². The van der Waals surface area contributed by atoms with Crippen LogP contribution in [0.25, 0.3) is 10.9 Å². The number of hydrogen-bond donors (Lipinski definition) is 3. The molecule has 0 bridgehead atoms. The number of benzene rings is 1. The van der Waals surface area contributed by atoms with E-state index in [2.05, 4.69) is 70.7 Å². The molecule has 3 rings (SSSR count). The van der Waals surface area contributed by atoms with Crippen molar-refractivity contribution < 1.29 is 4.74 Å². The summed E-state index contributed by atoms with van der Waals surface area (Å²) in [5.74, 6) is 0.854. The number of morpholine rings is 1. The highest BCUT2D eigenvalue weighted by Crippen LogP contribution is 2.19. The second-order valence-electron chi connectivity index (χ2n) is 7.88. The van der Waals surface area contributed by atoms with Crippen LogP contribution in [0.5, 0.6) is 0 Å². The zero-order chi connectivity index (χ0) is 19.3. The van der Waals surface area contributed by atoms with Gasteiger partial charge in [-0.2, -0.15) is 0 Å². The molecule has 2 heterocycles. The van der Waals surface area contributed by atoms with Gasteiger partial charge in [-0.05, 0) is 44.4 Å². The van der Waals surface area contributed by atoms with E-state index in [9.17, 15) is 0 Å². The largest absolute Gasteiger partial charge is 0.379 e. The molecule has 0 atom stereocenters. The molecule has 3 N–H and O–H groups in total. The SMILES string of the molecule is CN=C(NCCc1c[nH]c2cc(C)ccc12)NCC(C)(C)N1CCOCC1. The molecule has 0 aliphatic carbocycles. The lowest BCUT2D eigenvalue weighted by molar-refractivity contribution is -0.00833. The van der Waals surface area contributed by atoms with E-state index in [0.29, 0.717) is 0 Å². The molecular formula is C21H33N5O. The number of guanidine groups is 1. The van der Waals surface area contributed by atoms with Crippen molar-refractivity contribution in [2.24, 2.45) is 4.99 Å². The number of rotatable bonds is 6. The predicted octanol–water partition coefficient (Wildman–Crippen LogP) is 2.29. The number of fused-ring (bicyclic) bond motifs is 1. The summed E-state index contributed by atoms with van der Waals surface area (Å²) in [5.41, 5.74) is 3.89. The van der Waals surface area contributed by atoms with E-state index < -0.39 is 0 Å². The molecule has 2 aromatic rings. The summed E-state index contributed by atoms with van der Waals surface area (Å²) in [6.07, 6.45) is 3.07. The highest BCUT2D eigenvalue weighted by Gasteiger charge is 2.28. The van der Waals surface area contributed by atoms with E-state index in [1.165, 1.54) is 22.0 Å². The van der Waals surface area contributed by atoms with Gasteiger partial charge in [-0.3, -0.25) is 9.89 Å². The summed E-state index contributed by atoms with van der Waals surface area (Å²) in [4.78, 5) is 10.2. The van der Waals surface area contributed by atoms with Crippen LogP contribution in [0.1, 0.15) is 25.0 Å². The number of ether oxygens (including phenoxy) is 1. The Hall–Kier alpha value is -2.05. The first-order chi connectivity index (χ1) is 13.0. The van der Waals surface area contributed by atoms with Crippen molar-refractivity contribution in [1.82, 2.24) is 20.5 Å².